The molecule has 4 saturated heterocycles. The van der Waals surface area contributed by atoms with E-state index < -0.39 is 18.3 Å². The lowest BCUT2D eigenvalue weighted by atomic mass is 9.79. The van der Waals surface area contributed by atoms with Gasteiger partial charge in [0, 0.05) is 62.8 Å². The molecule has 2 amide bonds. The number of allylic oxidation sites excluding steroid dienone is 1. The summed E-state index contributed by atoms with van der Waals surface area (Å²) in [5.41, 5.74) is 11.2. The Kier molecular flexibility index (Phi) is 9.40. The first-order valence-corrected chi connectivity index (χ1v) is 16.9. The topological polar surface area (TPSA) is 115 Å². The van der Waals surface area contributed by atoms with Crippen LogP contribution in [0.5, 0.6) is 0 Å². The summed E-state index contributed by atoms with van der Waals surface area (Å²) in [6.07, 6.45) is 11.9. The second-order valence-corrected chi connectivity index (χ2v) is 14.1. The number of carbonyl (C=O) groups excluding carboxylic acids is 2. The first kappa shape index (κ1) is 30.2. The average Bonchev–Trinajstić information content (AvgIpc) is 3.13. The standard InChI is InChI=1S/C31H53FN8O2/c1-38-14-9-22(10-15-38)31(42)39-16-11-21(12-17-39)25-8-13-34-19-26(25)36-30(41)27-28(33)37-40(20-23(32)18-35-29(27)40)24-6-4-2-3-5-7-24/h19,21-25,27-29,34-35,37H,2-18,20,33H2,1H3/p+1. The van der Waals surface area contributed by atoms with Gasteiger partial charge in [-0.05, 0) is 71.0 Å². The van der Waals surface area contributed by atoms with Crippen LogP contribution in [0.3, 0.4) is 0 Å². The minimum absolute atomic E-state index is 0.0757. The van der Waals surface area contributed by atoms with Crippen molar-refractivity contribution in [1.29, 1.82) is 0 Å². The summed E-state index contributed by atoms with van der Waals surface area (Å²) in [5, 5.41) is 10.1. The normalized spacial score (nSPS) is 37.8. The molecule has 6 rings (SSSR count). The van der Waals surface area contributed by atoms with E-state index >= 15 is 0 Å². The van der Waals surface area contributed by atoms with Gasteiger partial charge in [-0.3, -0.25) is 14.9 Å². The summed E-state index contributed by atoms with van der Waals surface area (Å²) in [6, 6.07) is 0.262. The van der Waals surface area contributed by atoms with Gasteiger partial charge in [0.2, 0.25) is 11.8 Å². The Morgan fingerprint density at radius 1 is 1.00 bits per heavy atom. The van der Waals surface area contributed by atoms with E-state index in [1.165, 1.54) is 12.8 Å². The zero-order valence-electron chi connectivity index (χ0n) is 25.5. The molecule has 5 heterocycles. The van der Waals surface area contributed by atoms with Crippen LogP contribution in [-0.2, 0) is 9.59 Å². The van der Waals surface area contributed by atoms with Crippen LogP contribution in [0.25, 0.3) is 0 Å². The molecular formula is C31H54FN8O2+. The number of piperidine rings is 2. The Morgan fingerprint density at radius 3 is 2.43 bits per heavy atom. The van der Waals surface area contributed by atoms with Crippen molar-refractivity contribution in [3.63, 3.8) is 0 Å². The van der Waals surface area contributed by atoms with Crippen LogP contribution in [0.4, 0.5) is 4.39 Å². The van der Waals surface area contributed by atoms with Crippen LogP contribution in [-0.4, -0.2) is 104 Å². The Bertz CT molecular complexity index is 989. The number of nitrogens with two attached hydrogens (primary N) is 1. The molecule has 0 aromatic heterocycles. The number of nitrogens with one attached hydrogen (secondary N) is 4. The number of quaternary nitrogens is 1. The number of likely N-dealkylation sites (tertiary alicyclic amines) is 2. The van der Waals surface area contributed by atoms with E-state index in [4.69, 9.17) is 5.73 Å². The van der Waals surface area contributed by atoms with Gasteiger partial charge in [-0.15, -0.1) is 5.43 Å². The first-order valence-electron chi connectivity index (χ1n) is 16.9. The molecule has 0 spiro atoms. The van der Waals surface area contributed by atoms with Gasteiger partial charge < -0.3 is 26.2 Å². The van der Waals surface area contributed by atoms with Crippen LogP contribution in [0.2, 0.25) is 0 Å². The molecule has 236 valence electrons. The number of halogens is 1. The SMILES string of the molecule is CN1CCC(C(=O)N2CCC(C3CCNC=C3NC(=O)C3C(N)N[N+]4(C5CCCCCC5)CC(F)CNC34)CC2)CC1. The number of amides is 2. The molecule has 10 nitrogen and oxygen atoms in total. The zero-order valence-corrected chi connectivity index (χ0v) is 25.5. The molecule has 6 unspecified atom stereocenters. The highest BCUT2D eigenvalue weighted by atomic mass is 19.1. The molecule has 0 aromatic rings. The van der Waals surface area contributed by atoms with Crippen LogP contribution < -0.4 is 27.1 Å². The lowest BCUT2D eigenvalue weighted by Gasteiger charge is -2.48. The van der Waals surface area contributed by atoms with E-state index in [1.807, 2.05) is 6.20 Å². The largest absolute Gasteiger partial charge is 0.389 e. The van der Waals surface area contributed by atoms with Gasteiger partial charge >= 0.3 is 0 Å². The molecule has 11 heteroatoms. The number of rotatable bonds is 5. The predicted molar refractivity (Wildman–Crippen MR) is 160 cm³/mol. The molecule has 0 aromatic carbocycles. The number of fused-ring (bicyclic) bond motifs is 1. The van der Waals surface area contributed by atoms with E-state index in [2.05, 4.69) is 38.2 Å². The molecule has 42 heavy (non-hydrogen) atoms. The lowest BCUT2D eigenvalue weighted by molar-refractivity contribution is -1.01. The van der Waals surface area contributed by atoms with Crippen LogP contribution in [0, 0.1) is 23.7 Å². The van der Waals surface area contributed by atoms with Gasteiger partial charge in [-0.2, -0.15) is 0 Å². The summed E-state index contributed by atoms with van der Waals surface area (Å²) in [6.45, 7) is 5.11. The predicted octanol–water partition coefficient (Wildman–Crippen LogP) is 1.36. The average molecular weight is 590 g/mol. The number of nitrogens with zero attached hydrogens (tertiary/aromatic N) is 3. The molecule has 5 aliphatic heterocycles. The summed E-state index contributed by atoms with van der Waals surface area (Å²) in [7, 11) is 2.13. The second-order valence-electron chi connectivity index (χ2n) is 14.1. The Balaban J connectivity index is 1.10. The minimum atomic E-state index is -0.960. The number of alkyl halides is 1. The van der Waals surface area contributed by atoms with Crippen molar-refractivity contribution in [2.45, 2.75) is 95.2 Å². The van der Waals surface area contributed by atoms with Crippen molar-refractivity contribution in [3.8, 4) is 0 Å². The smallest absolute Gasteiger partial charge is 0.238 e. The molecule has 0 radical (unpaired) electrons. The van der Waals surface area contributed by atoms with E-state index in [-0.39, 0.29) is 36.5 Å². The molecule has 1 saturated carbocycles. The molecule has 6 aliphatic rings. The summed E-state index contributed by atoms with van der Waals surface area (Å²) in [4.78, 5) is 31.6. The minimum Gasteiger partial charge on any atom is -0.389 e. The van der Waals surface area contributed by atoms with E-state index in [9.17, 15) is 14.0 Å². The van der Waals surface area contributed by atoms with Crippen LogP contribution >= 0.6 is 0 Å². The van der Waals surface area contributed by atoms with E-state index in [0.29, 0.717) is 23.0 Å². The van der Waals surface area contributed by atoms with Crippen LogP contribution in [0.1, 0.15) is 70.6 Å². The number of hydrogen-bond donors (Lipinski definition) is 5. The Morgan fingerprint density at radius 2 is 1.71 bits per heavy atom. The fourth-order valence-electron chi connectivity index (χ4n) is 9.09. The van der Waals surface area contributed by atoms with Gasteiger partial charge in [0.15, 0.2) is 12.3 Å². The molecule has 6 N–H and O–H groups in total. The quantitative estimate of drug-likeness (QED) is 0.243. The van der Waals surface area contributed by atoms with Gasteiger partial charge in [0.25, 0.3) is 0 Å². The molecule has 6 atom stereocenters. The van der Waals surface area contributed by atoms with Crippen molar-refractivity contribution >= 4 is 11.8 Å². The number of carbonyl (C=O) groups is 2. The van der Waals surface area contributed by atoms with Gasteiger partial charge in [-0.25, -0.2) is 8.98 Å². The highest BCUT2D eigenvalue weighted by Gasteiger charge is 2.61. The van der Waals surface area contributed by atoms with Crippen LogP contribution in [0.15, 0.2) is 11.9 Å². The second kappa shape index (κ2) is 13.1. The van der Waals surface area contributed by atoms with Crippen molar-refractivity contribution in [2.75, 3.05) is 52.9 Å². The number of hydrogen-bond acceptors (Lipinski definition) is 7. The maximum atomic E-state index is 14.9. The Hall–Kier alpha value is -1.79. The van der Waals surface area contributed by atoms with Crippen molar-refractivity contribution in [2.24, 2.45) is 29.4 Å². The molecule has 0 bridgehead atoms. The highest BCUT2D eigenvalue weighted by Crippen LogP contribution is 2.39. The highest BCUT2D eigenvalue weighted by molar-refractivity contribution is 5.82. The molecule has 1 aliphatic carbocycles. The monoisotopic (exact) mass is 589 g/mol. The Labute approximate surface area is 250 Å². The fraction of sp³-hybridized carbons (Fsp3) is 0.871. The third kappa shape index (κ3) is 6.09. The van der Waals surface area contributed by atoms with Gasteiger partial charge in [0.1, 0.15) is 24.7 Å². The summed E-state index contributed by atoms with van der Waals surface area (Å²) >= 11 is 0. The fourth-order valence-corrected chi connectivity index (χ4v) is 9.09. The van der Waals surface area contributed by atoms with Crippen molar-refractivity contribution in [3.05, 3.63) is 11.9 Å². The maximum absolute atomic E-state index is 14.9. The van der Waals surface area contributed by atoms with Gasteiger partial charge in [-0.1, -0.05) is 12.8 Å². The maximum Gasteiger partial charge on any atom is 0.238 e. The third-order valence-corrected chi connectivity index (χ3v) is 11.5. The van der Waals surface area contributed by atoms with E-state index in [0.717, 1.165) is 96.2 Å². The van der Waals surface area contributed by atoms with E-state index in [1.54, 1.807) is 0 Å². The van der Waals surface area contributed by atoms with Crippen molar-refractivity contribution in [1.82, 2.24) is 31.2 Å². The summed E-state index contributed by atoms with van der Waals surface area (Å²) in [5.74, 6) is 0.615. The molecule has 5 fully saturated rings. The zero-order chi connectivity index (χ0) is 29.3. The summed E-state index contributed by atoms with van der Waals surface area (Å²) < 4.78 is 15.3. The lowest BCUT2D eigenvalue weighted by Crippen LogP contribution is -2.74. The third-order valence-electron chi connectivity index (χ3n) is 11.5. The van der Waals surface area contributed by atoms with Crippen molar-refractivity contribution < 1.29 is 18.6 Å². The molecular weight excluding hydrogens is 535 g/mol. The first-order chi connectivity index (χ1) is 20.4. The van der Waals surface area contributed by atoms with Gasteiger partial charge in [0.05, 0.1) is 0 Å².